The minimum absolute atomic E-state index is 0.133. The van der Waals surface area contributed by atoms with Gasteiger partial charge in [0.15, 0.2) is 0 Å². The Kier molecular flexibility index (Phi) is 8.36. The van der Waals surface area contributed by atoms with Crippen LogP contribution in [0.4, 0.5) is 0 Å². The molecule has 0 aliphatic rings. The van der Waals surface area contributed by atoms with E-state index in [-0.39, 0.29) is 12.7 Å². The molecule has 2 rings (SSSR count). The normalized spacial score (nSPS) is 10.8. The van der Waals surface area contributed by atoms with Crippen LogP contribution in [0.2, 0.25) is 0 Å². The van der Waals surface area contributed by atoms with E-state index >= 15 is 0 Å². The molecule has 2 radical (unpaired) electrons. The highest BCUT2D eigenvalue weighted by molar-refractivity contribution is 5.91. The highest BCUT2D eigenvalue weighted by atomic mass is 17.3. The highest BCUT2D eigenvalue weighted by Gasteiger charge is 2.22. The van der Waals surface area contributed by atoms with Crippen LogP contribution in [0.1, 0.15) is 62.2 Å². The molecule has 0 heterocycles. The van der Waals surface area contributed by atoms with Gasteiger partial charge in [0.25, 0.3) is 0 Å². The Bertz CT molecular complexity index is 791. The molecule has 0 unspecified atom stereocenters. The molecule has 2 aromatic carbocycles. The zero-order valence-corrected chi connectivity index (χ0v) is 17.2. The number of aryl methyl sites for hydroxylation is 4. The van der Waals surface area contributed by atoms with Crippen LogP contribution in [-0.2, 0) is 19.6 Å². The summed E-state index contributed by atoms with van der Waals surface area (Å²) in [7, 11) is 0. The smallest absolute Gasteiger partial charge is 0.289 e. The molecule has 6 heteroatoms. The first kappa shape index (κ1) is 22.6. The quantitative estimate of drug-likeness (QED) is 0.422. The summed E-state index contributed by atoms with van der Waals surface area (Å²) in [5.74, 6) is -1.33. The van der Waals surface area contributed by atoms with Gasteiger partial charge in [-0.05, 0) is 57.4 Å². The Labute approximate surface area is 171 Å². The van der Waals surface area contributed by atoms with Gasteiger partial charge in [0.1, 0.15) is 0 Å². The Hall–Kier alpha value is -2.70. The Balaban J connectivity index is 1.98. The zero-order chi connectivity index (χ0) is 21.4. The lowest BCUT2D eigenvalue weighted by Crippen LogP contribution is -2.17. The van der Waals surface area contributed by atoms with Crippen molar-refractivity contribution in [1.82, 2.24) is 0 Å². The summed E-state index contributed by atoms with van der Waals surface area (Å²) in [6.45, 7) is 11.1. The van der Waals surface area contributed by atoms with Gasteiger partial charge in [0, 0.05) is 6.42 Å². The summed E-state index contributed by atoms with van der Waals surface area (Å²) in [6, 6.07) is 10.9. The van der Waals surface area contributed by atoms with E-state index in [1.54, 1.807) is 26.0 Å². The molecule has 29 heavy (non-hydrogen) atoms. The van der Waals surface area contributed by atoms with Gasteiger partial charge in [-0.15, -0.1) is 9.78 Å². The van der Waals surface area contributed by atoms with Crippen LogP contribution in [-0.4, -0.2) is 11.9 Å². The number of benzene rings is 2. The van der Waals surface area contributed by atoms with E-state index in [0.29, 0.717) is 24.0 Å². The molecule has 0 saturated heterocycles. The molecule has 154 valence electrons. The monoisotopic (exact) mass is 398 g/mol. The summed E-state index contributed by atoms with van der Waals surface area (Å²) in [4.78, 5) is 44.5. The van der Waals surface area contributed by atoms with Crippen LogP contribution in [0, 0.1) is 40.9 Å². The Morgan fingerprint density at radius 3 is 1.62 bits per heavy atom. The van der Waals surface area contributed by atoms with Crippen LogP contribution in [0.15, 0.2) is 36.4 Å². The van der Waals surface area contributed by atoms with E-state index in [4.69, 9.17) is 19.6 Å². The van der Waals surface area contributed by atoms with Crippen molar-refractivity contribution in [3.8, 4) is 0 Å². The average molecular weight is 398 g/mol. The van der Waals surface area contributed by atoms with E-state index in [0.717, 1.165) is 22.3 Å². The topological polar surface area (TPSA) is 71.1 Å². The van der Waals surface area contributed by atoms with Crippen LogP contribution >= 0.6 is 0 Å². The lowest BCUT2D eigenvalue weighted by atomic mass is 10.1. The molecule has 2 aromatic rings. The molecule has 6 nitrogen and oxygen atoms in total. The predicted octanol–water partition coefficient (Wildman–Crippen LogP) is 5.29. The van der Waals surface area contributed by atoms with Crippen molar-refractivity contribution in [3.05, 3.63) is 83.0 Å². The van der Waals surface area contributed by atoms with Crippen LogP contribution in [0.5, 0.6) is 0 Å². The fraction of sp³-hybridized carbons (Fsp3) is 0.304. The summed E-state index contributed by atoms with van der Waals surface area (Å²) in [5.41, 5.74) is 4.12. The first-order valence-corrected chi connectivity index (χ1v) is 9.39. The van der Waals surface area contributed by atoms with Gasteiger partial charge in [0.2, 0.25) is 0 Å². The summed E-state index contributed by atoms with van der Waals surface area (Å²) in [5, 5.41) is 0. The molecule has 0 amide bonds. The van der Waals surface area contributed by atoms with Crippen LogP contribution in [0.3, 0.4) is 0 Å². The van der Waals surface area contributed by atoms with E-state index in [2.05, 4.69) is 6.92 Å². The summed E-state index contributed by atoms with van der Waals surface area (Å²) >= 11 is 0. The molecule has 0 fully saturated rings. The lowest BCUT2D eigenvalue weighted by molar-refractivity contribution is -0.363. The van der Waals surface area contributed by atoms with Gasteiger partial charge in [-0.3, -0.25) is 9.78 Å². The van der Waals surface area contributed by atoms with Crippen molar-refractivity contribution in [3.63, 3.8) is 0 Å². The first-order valence-electron chi connectivity index (χ1n) is 9.39. The molecule has 0 saturated carbocycles. The second kappa shape index (κ2) is 10.7. The average Bonchev–Trinajstić information content (AvgIpc) is 2.70. The third-order valence-corrected chi connectivity index (χ3v) is 4.28. The second-order valence-corrected chi connectivity index (χ2v) is 6.87. The van der Waals surface area contributed by atoms with Gasteiger partial charge in [0.05, 0.1) is 11.1 Å². The Morgan fingerprint density at radius 1 is 0.759 bits per heavy atom. The molecule has 0 atom stereocenters. The molecular formula is C23H26O6. The Morgan fingerprint density at radius 2 is 1.21 bits per heavy atom. The van der Waals surface area contributed by atoms with Crippen molar-refractivity contribution in [2.45, 2.75) is 47.0 Å². The van der Waals surface area contributed by atoms with Crippen LogP contribution in [0.25, 0.3) is 0 Å². The third kappa shape index (κ3) is 6.69. The molecule has 0 aliphatic carbocycles. The van der Waals surface area contributed by atoms with E-state index in [1.807, 2.05) is 38.1 Å². The van der Waals surface area contributed by atoms with E-state index in [1.165, 1.54) is 0 Å². The number of rotatable bonds is 9. The lowest BCUT2D eigenvalue weighted by Gasteiger charge is -2.14. The number of carbonyl (C=O) groups is 2. The van der Waals surface area contributed by atoms with Crippen molar-refractivity contribution in [1.29, 1.82) is 0 Å². The van der Waals surface area contributed by atoms with Gasteiger partial charge in [-0.1, -0.05) is 48.7 Å². The van der Waals surface area contributed by atoms with Crippen LogP contribution < -0.4 is 0 Å². The van der Waals surface area contributed by atoms with Gasteiger partial charge in [-0.2, -0.15) is 0 Å². The fourth-order valence-electron chi connectivity index (χ4n) is 2.54. The van der Waals surface area contributed by atoms with E-state index in [9.17, 15) is 9.59 Å². The zero-order valence-electron chi connectivity index (χ0n) is 17.2. The molecule has 0 bridgehead atoms. The number of unbranched alkanes of at least 4 members (excludes halogenated alkanes) is 1. The third-order valence-electron chi connectivity index (χ3n) is 4.28. The maximum atomic E-state index is 12.3. The molecular weight excluding hydrogens is 372 g/mol. The van der Waals surface area contributed by atoms with Gasteiger partial charge in [-0.25, -0.2) is 9.59 Å². The SMILES string of the molecule is [CH2]CCC[C](OOC(=O)c1cc(C)ccc1C)OOC(=O)c1cc(C)ccc1C. The first-order chi connectivity index (χ1) is 13.8. The number of carbonyl (C=O) groups excluding carboxylic acids is 2. The number of hydrogen-bond donors (Lipinski definition) is 0. The highest BCUT2D eigenvalue weighted by Crippen LogP contribution is 2.20. The minimum Gasteiger partial charge on any atom is -0.289 e. The minimum atomic E-state index is -0.664. The van der Waals surface area contributed by atoms with Gasteiger partial charge < -0.3 is 0 Å². The maximum absolute atomic E-state index is 12.3. The molecule has 0 N–H and O–H groups in total. The van der Waals surface area contributed by atoms with E-state index < -0.39 is 11.9 Å². The molecule has 0 spiro atoms. The number of hydrogen-bond acceptors (Lipinski definition) is 6. The standard InChI is InChI=1S/C23H26O6/c1-6-7-8-21(26-28-22(24)19-13-15(2)9-11-17(19)4)27-29-23(25)20-14-16(3)10-12-18(20)5/h9-14H,1,6-8H2,2-5H3. The maximum Gasteiger partial charge on any atom is 0.373 e. The van der Waals surface area contributed by atoms with Crippen molar-refractivity contribution < 1.29 is 29.1 Å². The second-order valence-electron chi connectivity index (χ2n) is 6.87. The molecule has 0 aromatic heterocycles. The van der Waals surface area contributed by atoms with Crippen molar-refractivity contribution >= 4 is 11.9 Å². The fourth-order valence-corrected chi connectivity index (χ4v) is 2.54. The van der Waals surface area contributed by atoms with Crippen molar-refractivity contribution in [2.24, 2.45) is 0 Å². The molecule has 0 aliphatic heterocycles. The van der Waals surface area contributed by atoms with Crippen molar-refractivity contribution in [2.75, 3.05) is 0 Å². The largest absolute Gasteiger partial charge is 0.373 e. The van der Waals surface area contributed by atoms with Gasteiger partial charge >= 0.3 is 18.2 Å². The summed E-state index contributed by atoms with van der Waals surface area (Å²) in [6.07, 6.45) is 1.32. The summed E-state index contributed by atoms with van der Waals surface area (Å²) < 4.78 is 0. The predicted molar refractivity (Wildman–Crippen MR) is 107 cm³/mol.